The number of rotatable bonds is 9. The van der Waals surface area contributed by atoms with Gasteiger partial charge in [0.05, 0.1) is 22.8 Å². The van der Waals surface area contributed by atoms with E-state index < -0.39 is 5.97 Å². The lowest BCUT2D eigenvalue weighted by Gasteiger charge is -2.13. The monoisotopic (exact) mass is 536 g/mol. The molecule has 0 radical (unpaired) electrons. The zero-order chi connectivity index (χ0) is 26.4. The Morgan fingerprint density at radius 2 is 1.81 bits per heavy atom. The summed E-state index contributed by atoms with van der Waals surface area (Å²) in [4.78, 5) is 30.8. The smallest absolute Gasteiger partial charge is 0.335 e. The van der Waals surface area contributed by atoms with Gasteiger partial charge in [0.15, 0.2) is 16.7 Å². The molecular weight excluding hydrogens is 512 g/mol. The SMILES string of the molecule is CCOc1cc(/C=C2/SC(=Nc3ccc(C(=O)O)cc3)N(CC)C2=O)ccc1OCc1ccccc1Cl. The Morgan fingerprint density at radius 3 is 2.49 bits per heavy atom. The number of ether oxygens (including phenoxy) is 2. The van der Waals surface area contributed by atoms with Crippen LogP contribution >= 0.6 is 23.4 Å². The summed E-state index contributed by atoms with van der Waals surface area (Å²) < 4.78 is 11.8. The summed E-state index contributed by atoms with van der Waals surface area (Å²) >= 11 is 7.51. The third-order valence-corrected chi connectivity index (χ3v) is 6.83. The number of thioether (sulfide) groups is 1. The first kappa shape index (κ1) is 26.3. The van der Waals surface area contributed by atoms with Crippen molar-refractivity contribution in [2.75, 3.05) is 13.2 Å². The van der Waals surface area contributed by atoms with E-state index in [1.165, 1.54) is 23.9 Å². The predicted octanol–water partition coefficient (Wildman–Crippen LogP) is 6.64. The van der Waals surface area contributed by atoms with Crippen molar-refractivity contribution in [2.24, 2.45) is 4.99 Å². The number of aromatic carboxylic acids is 1. The Balaban J connectivity index is 1.56. The Hall–Kier alpha value is -3.75. The van der Waals surface area contributed by atoms with Gasteiger partial charge in [0.25, 0.3) is 5.91 Å². The van der Waals surface area contributed by atoms with Gasteiger partial charge in [-0.15, -0.1) is 0 Å². The van der Waals surface area contributed by atoms with Crippen LogP contribution in [0.4, 0.5) is 5.69 Å². The average Bonchev–Trinajstić information content (AvgIpc) is 3.18. The number of carboxylic acids is 1. The van der Waals surface area contributed by atoms with Crippen LogP contribution in [-0.2, 0) is 11.4 Å². The molecule has 0 aromatic heterocycles. The third kappa shape index (κ3) is 6.34. The van der Waals surface area contributed by atoms with E-state index in [0.717, 1.165) is 11.1 Å². The number of nitrogens with zero attached hydrogens (tertiary/aromatic N) is 2. The fourth-order valence-electron chi connectivity index (χ4n) is 3.58. The molecule has 4 rings (SSSR count). The van der Waals surface area contributed by atoms with Crippen LogP contribution < -0.4 is 9.47 Å². The van der Waals surface area contributed by atoms with Gasteiger partial charge >= 0.3 is 5.97 Å². The summed E-state index contributed by atoms with van der Waals surface area (Å²) in [6.07, 6.45) is 1.80. The molecule has 0 aliphatic carbocycles. The minimum Gasteiger partial charge on any atom is -0.490 e. The van der Waals surface area contributed by atoms with Gasteiger partial charge in [0.2, 0.25) is 0 Å². The van der Waals surface area contributed by atoms with Gasteiger partial charge < -0.3 is 14.6 Å². The van der Waals surface area contributed by atoms with E-state index in [1.54, 1.807) is 23.1 Å². The van der Waals surface area contributed by atoms with Gasteiger partial charge in [0, 0.05) is 17.1 Å². The Labute approximate surface area is 224 Å². The number of halogens is 1. The van der Waals surface area contributed by atoms with E-state index in [4.69, 9.17) is 26.2 Å². The van der Waals surface area contributed by atoms with Crippen molar-refractivity contribution in [3.05, 3.63) is 93.3 Å². The molecule has 1 aliphatic rings. The van der Waals surface area contributed by atoms with Crippen LogP contribution in [0, 0.1) is 0 Å². The van der Waals surface area contributed by atoms with Crippen LogP contribution in [0.15, 0.2) is 76.6 Å². The van der Waals surface area contributed by atoms with Crippen molar-refractivity contribution in [1.82, 2.24) is 4.90 Å². The molecule has 1 amide bonds. The minimum atomic E-state index is -1.00. The second kappa shape index (κ2) is 12.0. The van der Waals surface area contributed by atoms with Crippen molar-refractivity contribution in [3.63, 3.8) is 0 Å². The number of benzene rings is 3. The standard InChI is InChI=1S/C28H25ClN2O5S/c1-3-31-26(32)25(37-28(31)30-21-12-10-19(11-13-21)27(33)34)16-18-9-14-23(24(15-18)35-4-2)36-17-20-7-5-6-8-22(20)29/h5-16H,3-4,17H2,1-2H3,(H,33,34)/b25-16+,30-28?. The normalized spacial score (nSPS) is 15.4. The van der Waals surface area contributed by atoms with E-state index in [2.05, 4.69) is 4.99 Å². The number of likely N-dealkylation sites (N-methyl/N-ethyl adjacent to an activating group) is 1. The van der Waals surface area contributed by atoms with Crippen LogP contribution in [0.2, 0.25) is 5.02 Å². The lowest BCUT2D eigenvalue weighted by atomic mass is 10.1. The lowest BCUT2D eigenvalue weighted by Crippen LogP contribution is -2.28. The highest BCUT2D eigenvalue weighted by molar-refractivity contribution is 8.18. The second-order valence-electron chi connectivity index (χ2n) is 7.93. The molecule has 0 spiro atoms. The van der Waals surface area contributed by atoms with E-state index in [0.29, 0.717) is 52.0 Å². The van der Waals surface area contributed by atoms with Crippen LogP contribution in [0.5, 0.6) is 11.5 Å². The van der Waals surface area contributed by atoms with Crippen LogP contribution in [0.3, 0.4) is 0 Å². The van der Waals surface area contributed by atoms with Gasteiger partial charge in [-0.2, -0.15) is 0 Å². The van der Waals surface area contributed by atoms with Crippen LogP contribution in [0.25, 0.3) is 6.08 Å². The number of carbonyl (C=O) groups excluding carboxylic acids is 1. The first-order valence-corrected chi connectivity index (χ1v) is 12.9. The van der Waals surface area contributed by atoms with Crippen molar-refractivity contribution in [3.8, 4) is 11.5 Å². The van der Waals surface area contributed by atoms with Crippen molar-refractivity contribution in [2.45, 2.75) is 20.5 Å². The molecule has 0 bridgehead atoms. The molecule has 3 aromatic carbocycles. The number of amides is 1. The van der Waals surface area contributed by atoms with E-state index >= 15 is 0 Å². The van der Waals surface area contributed by atoms with E-state index in [-0.39, 0.29) is 11.5 Å². The fourth-order valence-corrected chi connectivity index (χ4v) is 4.84. The highest BCUT2D eigenvalue weighted by atomic mass is 35.5. The number of hydrogen-bond donors (Lipinski definition) is 1. The molecule has 1 saturated heterocycles. The van der Waals surface area contributed by atoms with Gasteiger partial charge in [-0.3, -0.25) is 9.69 Å². The topological polar surface area (TPSA) is 88.4 Å². The first-order chi connectivity index (χ1) is 17.9. The quantitative estimate of drug-likeness (QED) is 0.308. The molecule has 190 valence electrons. The Kier molecular flexibility index (Phi) is 8.53. The molecule has 7 nitrogen and oxygen atoms in total. The highest BCUT2D eigenvalue weighted by Crippen LogP contribution is 2.36. The fraction of sp³-hybridized carbons (Fsp3) is 0.179. The maximum absolute atomic E-state index is 13.1. The molecule has 9 heteroatoms. The molecule has 37 heavy (non-hydrogen) atoms. The van der Waals surface area contributed by atoms with Crippen molar-refractivity contribution >= 4 is 52.2 Å². The summed E-state index contributed by atoms with van der Waals surface area (Å²) in [6, 6.07) is 19.2. The molecular formula is C28H25ClN2O5S. The maximum Gasteiger partial charge on any atom is 0.335 e. The third-order valence-electron chi connectivity index (χ3n) is 5.45. The van der Waals surface area contributed by atoms with Crippen LogP contribution in [0.1, 0.15) is 35.3 Å². The van der Waals surface area contributed by atoms with E-state index in [1.807, 2.05) is 56.3 Å². The Bertz CT molecular complexity index is 1370. The zero-order valence-electron chi connectivity index (χ0n) is 20.3. The summed E-state index contributed by atoms with van der Waals surface area (Å²) in [7, 11) is 0. The number of hydrogen-bond acceptors (Lipinski definition) is 6. The average molecular weight is 537 g/mol. The molecule has 1 heterocycles. The van der Waals surface area contributed by atoms with Gasteiger partial charge in [-0.25, -0.2) is 9.79 Å². The van der Waals surface area contributed by atoms with Gasteiger partial charge in [0.1, 0.15) is 6.61 Å². The van der Waals surface area contributed by atoms with Crippen molar-refractivity contribution < 1.29 is 24.2 Å². The summed E-state index contributed by atoms with van der Waals surface area (Å²) in [5.41, 5.74) is 2.40. The van der Waals surface area contributed by atoms with Gasteiger partial charge in [-0.1, -0.05) is 35.9 Å². The predicted molar refractivity (Wildman–Crippen MR) is 147 cm³/mol. The number of carbonyl (C=O) groups is 2. The second-order valence-corrected chi connectivity index (χ2v) is 9.34. The highest BCUT2D eigenvalue weighted by Gasteiger charge is 2.32. The molecule has 0 unspecified atom stereocenters. The summed E-state index contributed by atoms with van der Waals surface area (Å²) in [5.74, 6) is -0.00202. The van der Waals surface area contributed by atoms with Crippen LogP contribution in [-0.4, -0.2) is 40.2 Å². The first-order valence-electron chi connectivity index (χ1n) is 11.7. The minimum absolute atomic E-state index is 0.148. The molecule has 1 fully saturated rings. The lowest BCUT2D eigenvalue weighted by molar-refractivity contribution is -0.122. The maximum atomic E-state index is 13.1. The Morgan fingerprint density at radius 1 is 1.05 bits per heavy atom. The summed E-state index contributed by atoms with van der Waals surface area (Å²) in [6.45, 7) is 4.98. The number of carboxylic acid groups (broad SMARTS) is 1. The number of aliphatic imine (C=N–C) groups is 1. The zero-order valence-corrected chi connectivity index (χ0v) is 21.9. The summed E-state index contributed by atoms with van der Waals surface area (Å²) in [5, 5.41) is 10.3. The van der Waals surface area contributed by atoms with Crippen molar-refractivity contribution in [1.29, 1.82) is 0 Å². The molecule has 0 saturated carbocycles. The molecule has 3 aromatic rings. The largest absolute Gasteiger partial charge is 0.490 e. The molecule has 1 N–H and O–H groups in total. The molecule has 0 atom stereocenters. The van der Waals surface area contributed by atoms with Gasteiger partial charge in [-0.05, 0) is 79.7 Å². The van der Waals surface area contributed by atoms with E-state index in [9.17, 15) is 9.59 Å². The molecule has 1 aliphatic heterocycles. The number of amidine groups is 1.